The zero-order chi connectivity index (χ0) is 14.1. The third kappa shape index (κ3) is 2.36. The molecule has 102 valence electrons. The van der Waals surface area contributed by atoms with Crippen LogP contribution in [0.4, 0.5) is 5.69 Å². The van der Waals surface area contributed by atoms with Gasteiger partial charge in [0.15, 0.2) is 5.17 Å². The van der Waals surface area contributed by atoms with Crippen LogP contribution in [0, 0.1) is 0 Å². The zero-order valence-corrected chi connectivity index (χ0v) is 12.2. The molecule has 5 heteroatoms. The molecule has 0 bridgehead atoms. The largest absolute Gasteiger partial charge is 0.378 e. The SMILES string of the molecule is CN(C)c1ccc(/C=C2/N=C3SC=CCN3C2=O)cc1. The van der Waals surface area contributed by atoms with E-state index in [2.05, 4.69) is 4.99 Å². The number of carbonyl (C=O) groups is 1. The fourth-order valence-corrected chi connectivity index (χ4v) is 2.81. The molecule has 1 amide bonds. The minimum Gasteiger partial charge on any atom is -0.378 e. The van der Waals surface area contributed by atoms with Crippen LogP contribution in [0.15, 0.2) is 46.4 Å². The molecular formula is C15H15N3OS. The van der Waals surface area contributed by atoms with Crippen molar-refractivity contribution in [1.29, 1.82) is 0 Å². The molecule has 3 rings (SSSR count). The Hall–Kier alpha value is -2.01. The van der Waals surface area contributed by atoms with Crippen LogP contribution in [0.1, 0.15) is 5.56 Å². The molecule has 0 aliphatic carbocycles. The lowest BCUT2D eigenvalue weighted by Gasteiger charge is -2.17. The summed E-state index contributed by atoms with van der Waals surface area (Å²) >= 11 is 1.49. The number of carbonyl (C=O) groups excluding carboxylic acids is 1. The molecule has 1 aromatic carbocycles. The van der Waals surface area contributed by atoms with E-state index in [4.69, 9.17) is 0 Å². The topological polar surface area (TPSA) is 35.9 Å². The molecule has 1 aromatic rings. The molecule has 0 saturated heterocycles. The van der Waals surface area contributed by atoms with Gasteiger partial charge in [-0.2, -0.15) is 0 Å². The number of benzene rings is 1. The Balaban J connectivity index is 1.86. The summed E-state index contributed by atoms with van der Waals surface area (Å²) in [5.74, 6) is -0.0199. The van der Waals surface area contributed by atoms with Gasteiger partial charge in [0.1, 0.15) is 5.70 Å². The maximum atomic E-state index is 12.2. The van der Waals surface area contributed by atoms with E-state index in [0.717, 1.165) is 16.4 Å². The third-order valence-corrected chi connectivity index (χ3v) is 4.03. The van der Waals surface area contributed by atoms with Gasteiger partial charge in [0.05, 0.1) is 0 Å². The molecule has 0 aromatic heterocycles. The summed E-state index contributed by atoms with van der Waals surface area (Å²) in [6.07, 6.45) is 3.81. The van der Waals surface area contributed by atoms with Crippen molar-refractivity contribution >= 4 is 34.6 Å². The molecule has 0 radical (unpaired) electrons. The Morgan fingerprint density at radius 2 is 2.05 bits per heavy atom. The molecule has 0 N–H and O–H groups in total. The molecule has 4 nitrogen and oxygen atoms in total. The summed E-state index contributed by atoms with van der Waals surface area (Å²) in [6.45, 7) is 0.613. The first-order chi connectivity index (χ1) is 9.65. The van der Waals surface area contributed by atoms with Gasteiger partial charge in [-0.3, -0.25) is 9.69 Å². The predicted octanol–water partition coefficient (Wildman–Crippen LogP) is 2.55. The normalized spacial score (nSPS) is 19.3. The quantitative estimate of drug-likeness (QED) is 0.783. The monoisotopic (exact) mass is 285 g/mol. The Bertz CT molecular complexity index is 629. The highest BCUT2D eigenvalue weighted by Gasteiger charge is 2.30. The number of hydrogen-bond donors (Lipinski definition) is 0. The molecular weight excluding hydrogens is 270 g/mol. The Morgan fingerprint density at radius 1 is 1.30 bits per heavy atom. The number of anilines is 1. The van der Waals surface area contributed by atoms with Crippen LogP contribution in [0.5, 0.6) is 0 Å². The molecule has 0 unspecified atom stereocenters. The van der Waals surface area contributed by atoms with E-state index in [0.29, 0.717) is 12.2 Å². The highest BCUT2D eigenvalue weighted by Crippen LogP contribution is 2.27. The summed E-state index contributed by atoms with van der Waals surface area (Å²) < 4.78 is 0. The first kappa shape index (κ1) is 13.0. The highest BCUT2D eigenvalue weighted by atomic mass is 32.2. The van der Waals surface area contributed by atoms with Gasteiger partial charge in [0, 0.05) is 26.3 Å². The van der Waals surface area contributed by atoms with Gasteiger partial charge in [0.25, 0.3) is 5.91 Å². The Morgan fingerprint density at radius 3 is 2.70 bits per heavy atom. The maximum absolute atomic E-state index is 12.2. The number of fused-ring (bicyclic) bond motifs is 1. The minimum absolute atomic E-state index is 0.0199. The second-order valence-electron chi connectivity index (χ2n) is 4.82. The van der Waals surface area contributed by atoms with E-state index < -0.39 is 0 Å². The number of aliphatic imine (C=N–C) groups is 1. The van der Waals surface area contributed by atoms with E-state index >= 15 is 0 Å². The van der Waals surface area contributed by atoms with Gasteiger partial charge in [-0.15, -0.1) is 0 Å². The van der Waals surface area contributed by atoms with Crippen molar-refractivity contribution in [2.24, 2.45) is 4.99 Å². The van der Waals surface area contributed by atoms with Crippen molar-refractivity contribution in [2.75, 3.05) is 25.5 Å². The summed E-state index contributed by atoms with van der Waals surface area (Å²) in [6, 6.07) is 8.06. The second-order valence-corrected chi connectivity index (χ2v) is 5.69. The van der Waals surface area contributed by atoms with E-state index in [-0.39, 0.29) is 5.91 Å². The summed E-state index contributed by atoms with van der Waals surface area (Å²) in [5, 5.41) is 2.74. The predicted molar refractivity (Wildman–Crippen MR) is 84.6 cm³/mol. The smallest absolute Gasteiger partial charge is 0.278 e. The number of rotatable bonds is 2. The van der Waals surface area contributed by atoms with Gasteiger partial charge in [0.2, 0.25) is 0 Å². The fraction of sp³-hybridized carbons (Fsp3) is 0.200. The number of amides is 1. The van der Waals surface area contributed by atoms with Crippen molar-refractivity contribution in [1.82, 2.24) is 4.90 Å². The molecule has 0 fully saturated rings. The van der Waals surface area contributed by atoms with Crippen molar-refractivity contribution < 1.29 is 4.79 Å². The average Bonchev–Trinajstić information content (AvgIpc) is 2.77. The van der Waals surface area contributed by atoms with Crippen LogP contribution in [-0.4, -0.2) is 36.6 Å². The number of hydrogen-bond acceptors (Lipinski definition) is 4. The minimum atomic E-state index is -0.0199. The zero-order valence-electron chi connectivity index (χ0n) is 11.4. The van der Waals surface area contributed by atoms with E-state index in [1.54, 1.807) is 4.90 Å². The molecule has 2 heterocycles. The molecule has 0 saturated carbocycles. The lowest BCUT2D eigenvalue weighted by atomic mass is 10.1. The van der Waals surface area contributed by atoms with Gasteiger partial charge in [-0.05, 0) is 29.2 Å². The molecule has 20 heavy (non-hydrogen) atoms. The maximum Gasteiger partial charge on any atom is 0.278 e. The van der Waals surface area contributed by atoms with E-state index in [1.165, 1.54) is 11.8 Å². The van der Waals surface area contributed by atoms with Crippen LogP contribution >= 0.6 is 11.8 Å². The fourth-order valence-electron chi connectivity index (χ4n) is 2.07. The van der Waals surface area contributed by atoms with Gasteiger partial charge in [-0.25, -0.2) is 4.99 Å². The van der Waals surface area contributed by atoms with Crippen LogP contribution in [0.25, 0.3) is 6.08 Å². The van der Waals surface area contributed by atoms with E-state index in [1.807, 2.05) is 60.8 Å². The Kier molecular flexibility index (Phi) is 3.36. The molecule has 0 spiro atoms. The summed E-state index contributed by atoms with van der Waals surface area (Å²) in [5.41, 5.74) is 2.63. The number of thioether (sulfide) groups is 1. The highest BCUT2D eigenvalue weighted by molar-refractivity contribution is 8.16. The van der Waals surface area contributed by atoms with Gasteiger partial charge >= 0.3 is 0 Å². The van der Waals surface area contributed by atoms with Gasteiger partial charge in [-0.1, -0.05) is 30.0 Å². The Labute approximate surface area is 122 Å². The molecule has 0 atom stereocenters. The lowest BCUT2D eigenvalue weighted by Crippen LogP contribution is -2.31. The number of amidine groups is 1. The molecule has 2 aliphatic heterocycles. The van der Waals surface area contributed by atoms with Crippen LogP contribution in [0.3, 0.4) is 0 Å². The standard InChI is InChI=1S/C15H15N3OS/c1-17(2)12-6-4-11(5-7-12)10-13-14(19)18-8-3-9-20-15(18)16-13/h3-7,9-10H,8H2,1-2H3/b13-10+. The van der Waals surface area contributed by atoms with E-state index in [9.17, 15) is 4.79 Å². The van der Waals surface area contributed by atoms with Crippen molar-refractivity contribution in [3.05, 3.63) is 47.0 Å². The summed E-state index contributed by atoms with van der Waals surface area (Å²) in [4.78, 5) is 20.3. The van der Waals surface area contributed by atoms with Crippen molar-refractivity contribution in [3.63, 3.8) is 0 Å². The van der Waals surface area contributed by atoms with Crippen molar-refractivity contribution in [3.8, 4) is 0 Å². The first-order valence-electron chi connectivity index (χ1n) is 6.36. The second kappa shape index (κ2) is 5.17. The van der Waals surface area contributed by atoms with Gasteiger partial charge < -0.3 is 4.90 Å². The van der Waals surface area contributed by atoms with Crippen LogP contribution in [0.2, 0.25) is 0 Å². The van der Waals surface area contributed by atoms with Crippen molar-refractivity contribution in [2.45, 2.75) is 0 Å². The first-order valence-corrected chi connectivity index (χ1v) is 7.24. The van der Waals surface area contributed by atoms with Crippen LogP contribution in [-0.2, 0) is 4.79 Å². The van der Waals surface area contributed by atoms with Crippen LogP contribution < -0.4 is 4.90 Å². The third-order valence-electron chi connectivity index (χ3n) is 3.18. The number of nitrogens with zero attached hydrogens (tertiary/aromatic N) is 3. The summed E-state index contributed by atoms with van der Waals surface area (Å²) in [7, 11) is 4.00. The lowest BCUT2D eigenvalue weighted by molar-refractivity contribution is -0.122. The molecule has 2 aliphatic rings. The average molecular weight is 285 g/mol.